The molecule has 27 heavy (non-hydrogen) atoms. The first kappa shape index (κ1) is 18.3. The number of piperidine rings is 1. The molecule has 0 aliphatic carbocycles. The fourth-order valence-electron chi connectivity index (χ4n) is 3.99. The van der Waals surface area contributed by atoms with Crippen LogP contribution in [0.5, 0.6) is 0 Å². The summed E-state index contributed by atoms with van der Waals surface area (Å²) in [5, 5.41) is 16.5. The number of aliphatic hydroxyl groups excluding tert-OH is 1. The molecule has 2 aromatic rings. The van der Waals surface area contributed by atoms with Gasteiger partial charge < -0.3 is 15.7 Å². The third kappa shape index (κ3) is 4.26. The van der Waals surface area contributed by atoms with Gasteiger partial charge in [0.1, 0.15) is 11.5 Å². The van der Waals surface area contributed by atoms with Crippen molar-refractivity contribution in [3.8, 4) is 11.5 Å². The first-order valence-electron chi connectivity index (χ1n) is 9.96. The predicted molar refractivity (Wildman–Crippen MR) is 105 cm³/mol. The van der Waals surface area contributed by atoms with Gasteiger partial charge in [0.25, 0.3) is 0 Å². The molecule has 0 saturated carbocycles. The number of nitrogens with zero attached hydrogens (tertiary/aromatic N) is 4. The molecule has 2 aromatic heterocycles. The highest BCUT2D eigenvalue weighted by Crippen LogP contribution is 2.24. The van der Waals surface area contributed by atoms with Gasteiger partial charge in [-0.15, -0.1) is 0 Å². The van der Waals surface area contributed by atoms with Crippen molar-refractivity contribution in [1.82, 2.24) is 25.2 Å². The van der Waals surface area contributed by atoms with Crippen molar-refractivity contribution in [2.24, 2.45) is 0 Å². The summed E-state index contributed by atoms with van der Waals surface area (Å²) in [4.78, 5) is 16.3. The van der Waals surface area contributed by atoms with E-state index < -0.39 is 0 Å². The van der Waals surface area contributed by atoms with Gasteiger partial charge in [0.2, 0.25) is 0 Å². The molecule has 0 amide bonds. The first-order valence-corrected chi connectivity index (χ1v) is 9.96. The number of aromatic nitrogens is 3. The number of hydrogen-bond acceptors (Lipinski definition) is 7. The Hall–Kier alpha value is -2.09. The normalized spacial score (nSPS) is 20.3. The zero-order valence-corrected chi connectivity index (χ0v) is 15.7. The summed E-state index contributed by atoms with van der Waals surface area (Å²) in [6.07, 6.45) is 6.23. The number of aliphatic hydroxyl groups is 1. The first-order chi connectivity index (χ1) is 13.3. The quantitative estimate of drug-likeness (QED) is 0.711. The van der Waals surface area contributed by atoms with E-state index in [4.69, 9.17) is 9.97 Å². The topological polar surface area (TPSA) is 86.2 Å². The molecule has 0 aromatic carbocycles. The van der Waals surface area contributed by atoms with E-state index >= 15 is 0 Å². The van der Waals surface area contributed by atoms with Crippen LogP contribution in [0.15, 0.2) is 24.4 Å². The van der Waals surface area contributed by atoms with E-state index in [1.54, 1.807) is 6.20 Å². The molecule has 7 nitrogen and oxygen atoms in total. The van der Waals surface area contributed by atoms with Crippen LogP contribution in [0.3, 0.4) is 0 Å². The van der Waals surface area contributed by atoms with Gasteiger partial charge in [-0.3, -0.25) is 9.88 Å². The molecule has 4 heterocycles. The minimum atomic E-state index is 0.248. The van der Waals surface area contributed by atoms with Gasteiger partial charge in [0.15, 0.2) is 5.82 Å². The Morgan fingerprint density at radius 1 is 1.26 bits per heavy atom. The molecule has 3 N–H and O–H groups in total. The molecule has 4 rings (SSSR count). The number of fused-ring (bicyclic) bond motifs is 1. The maximum Gasteiger partial charge on any atom is 0.180 e. The minimum Gasteiger partial charge on any atom is -0.395 e. The van der Waals surface area contributed by atoms with Crippen molar-refractivity contribution in [3.05, 3.63) is 35.7 Å². The lowest BCUT2D eigenvalue weighted by atomic mass is 10.0. The standard InChI is InChI=1S/C20H28N6O/c27-14-15-5-2-4-11-26(15)12-10-23-19-16-7-9-21-13-18(16)24-20(25-19)17-6-1-3-8-22-17/h1,3,6,8,15,21,27H,2,4-5,7,9-14H2,(H,23,24,25)/t15-/m1/s1. The second-order valence-electron chi connectivity index (χ2n) is 7.26. The zero-order valence-electron chi connectivity index (χ0n) is 15.7. The van der Waals surface area contributed by atoms with Crippen LogP contribution < -0.4 is 10.6 Å². The van der Waals surface area contributed by atoms with Crippen LogP contribution in [-0.4, -0.2) is 63.8 Å². The lowest BCUT2D eigenvalue weighted by Crippen LogP contribution is -2.44. The molecule has 1 saturated heterocycles. The molecule has 0 unspecified atom stereocenters. The molecule has 1 atom stereocenters. The fourth-order valence-corrected chi connectivity index (χ4v) is 3.99. The SMILES string of the molecule is OC[C@H]1CCCCN1CCNc1nc(-c2ccccn2)nc2c1CCNC2. The maximum atomic E-state index is 9.60. The second-order valence-corrected chi connectivity index (χ2v) is 7.26. The number of nitrogens with one attached hydrogen (secondary N) is 2. The van der Waals surface area contributed by atoms with Gasteiger partial charge in [-0.1, -0.05) is 12.5 Å². The monoisotopic (exact) mass is 368 g/mol. The molecule has 7 heteroatoms. The van der Waals surface area contributed by atoms with E-state index in [0.29, 0.717) is 11.9 Å². The minimum absolute atomic E-state index is 0.248. The van der Waals surface area contributed by atoms with Crippen molar-refractivity contribution < 1.29 is 5.11 Å². The van der Waals surface area contributed by atoms with E-state index in [1.165, 1.54) is 18.4 Å². The van der Waals surface area contributed by atoms with Crippen LogP contribution in [-0.2, 0) is 13.0 Å². The van der Waals surface area contributed by atoms with E-state index in [2.05, 4.69) is 20.5 Å². The van der Waals surface area contributed by atoms with Gasteiger partial charge in [0, 0.05) is 37.4 Å². The molecule has 0 bridgehead atoms. The molecule has 144 valence electrons. The van der Waals surface area contributed by atoms with Gasteiger partial charge in [-0.25, -0.2) is 9.97 Å². The van der Waals surface area contributed by atoms with E-state index in [-0.39, 0.29) is 6.61 Å². The molecule has 0 radical (unpaired) electrons. The Kier molecular flexibility index (Phi) is 5.91. The van der Waals surface area contributed by atoms with Crippen molar-refractivity contribution in [2.45, 2.75) is 38.3 Å². The predicted octanol–water partition coefficient (Wildman–Crippen LogP) is 1.44. The Morgan fingerprint density at radius 3 is 3.07 bits per heavy atom. The van der Waals surface area contributed by atoms with Gasteiger partial charge in [0.05, 0.1) is 12.3 Å². The lowest BCUT2D eigenvalue weighted by Gasteiger charge is -2.34. The molecule has 0 spiro atoms. The number of pyridine rings is 1. The Balaban J connectivity index is 1.51. The Labute approximate surface area is 160 Å². The number of likely N-dealkylation sites (tertiary alicyclic amines) is 1. The molecule has 1 fully saturated rings. The van der Waals surface area contributed by atoms with Crippen LogP contribution >= 0.6 is 0 Å². The van der Waals surface area contributed by atoms with Crippen LogP contribution in [0, 0.1) is 0 Å². The van der Waals surface area contributed by atoms with Crippen LogP contribution in [0.1, 0.15) is 30.5 Å². The molecule has 2 aliphatic rings. The van der Waals surface area contributed by atoms with Crippen LogP contribution in [0.25, 0.3) is 11.5 Å². The summed E-state index contributed by atoms with van der Waals surface area (Å²) < 4.78 is 0. The second kappa shape index (κ2) is 8.73. The van der Waals surface area contributed by atoms with Crippen molar-refractivity contribution in [2.75, 3.05) is 38.1 Å². The van der Waals surface area contributed by atoms with Gasteiger partial charge in [-0.05, 0) is 44.5 Å². The van der Waals surface area contributed by atoms with Crippen molar-refractivity contribution >= 4 is 5.82 Å². The van der Waals surface area contributed by atoms with Crippen molar-refractivity contribution in [3.63, 3.8) is 0 Å². The molecular weight excluding hydrogens is 340 g/mol. The Bertz CT molecular complexity index is 754. The summed E-state index contributed by atoms with van der Waals surface area (Å²) in [7, 11) is 0. The summed E-state index contributed by atoms with van der Waals surface area (Å²) >= 11 is 0. The van der Waals surface area contributed by atoms with E-state index in [0.717, 1.165) is 62.8 Å². The van der Waals surface area contributed by atoms with E-state index in [1.807, 2.05) is 18.2 Å². The largest absolute Gasteiger partial charge is 0.395 e. The lowest BCUT2D eigenvalue weighted by molar-refractivity contribution is 0.0940. The van der Waals surface area contributed by atoms with E-state index in [9.17, 15) is 5.11 Å². The van der Waals surface area contributed by atoms with Crippen LogP contribution in [0.2, 0.25) is 0 Å². The summed E-state index contributed by atoms with van der Waals surface area (Å²) in [6, 6.07) is 6.11. The van der Waals surface area contributed by atoms with Gasteiger partial charge >= 0.3 is 0 Å². The summed E-state index contributed by atoms with van der Waals surface area (Å²) in [5.41, 5.74) is 3.07. The number of anilines is 1. The smallest absolute Gasteiger partial charge is 0.180 e. The fraction of sp³-hybridized carbons (Fsp3) is 0.550. The highest BCUT2D eigenvalue weighted by Gasteiger charge is 2.22. The maximum absolute atomic E-state index is 9.60. The average molecular weight is 368 g/mol. The number of rotatable bonds is 6. The Morgan fingerprint density at radius 2 is 2.22 bits per heavy atom. The van der Waals surface area contributed by atoms with Crippen molar-refractivity contribution in [1.29, 1.82) is 0 Å². The average Bonchev–Trinajstić information content (AvgIpc) is 2.74. The number of hydrogen-bond donors (Lipinski definition) is 3. The summed E-state index contributed by atoms with van der Waals surface area (Å²) in [5.74, 6) is 1.60. The molecule has 2 aliphatic heterocycles. The van der Waals surface area contributed by atoms with Gasteiger partial charge in [-0.2, -0.15) is 0 Å². The zero-order chi connectivity index (χ0) is 18.5. The highest BCUT2D eigenvalue weighted by molar-refractivity contribution is 5.57. The third-order valence-corrected chi connectivity index (χ3v) is 5.48. The highest BCUT2D eigenvalue weighted by atomic mass is 16.3. The third-order valence-electron chi connectivity index (χ3n) is 5.48. The van der Waals surface area contributed by atoms with Crippen LogP contribution in [0.4, 0.5) is 5.82 Å². The molecular formula is C20H28N6O. The summed E-state index contributed by atoms with van der Waals surface area (Å²) in [6.45, 7) is 4.77.